The lowest BCUT2D eigenvalue weighted by Gasteiger charge is -2.17. The summed E-state index contributed by atoms with van der Waals surface area (Å²) in [5, 5.41) is 0. The summed E-state index contributed by atoms with van der Waals surface area (Å²) in [5.74, 6) is -0.0565. The predicted octanol–water partition coefficient (Wildman–Crippen LogP) is 0.631. The van der Waals surface area contributed by atoms with Crippen molar-refractivity contribution in [3.8, 4) is 5.88 Å². The first-order chi connectivity index (χ1) is 8.39. The molecule has 0 fully saturated rings. The van der Waals surface area contributed by atoms with Gasteiger partial charge in [0.1, 0.15) is 0 Å². The molecule has 2 rings (SSSR count). The van der Waals surface area contributed by atoms with Crippen molar-refractivity contribution in [3.05, 3.63) is 16.4 Å². The van der Waals surface area contributed by atoms with Gasteiger partial charge in [-0.15, -0.1) is 0 Å². The number of aromatic nitrogens is 2. The van der Waals surface area contributed by atoms with E-state index in [9.17, 15) is 9.59 Å². The number of ether oxygens (including phenoxy) is 2. The average Bonchev–Trinajstić information content (AvgIpc) is 2.49. The number of rotatable bonds is 1. The Labute approximate surface area is 105 Å². The Bertz CT molecular complexity index is 507. The maximum absolute atomic E-state index is 11.8. The summed E-state index contributed by atoms with van der Waals surface area (Å²) in [7, 11) is 0. The van der Waals surface area contributed by atoms with Crippen LogP contribution in [0.5, 0.6) is 5.88 Å². The van der Waals surface area contributed by atoms with E-state index < -0.39 is 5.41 Å². The van der Waals surface area contributed by atoms with Crippen LogP contribution in [0.2, 0.25) is 0 Å². The molecule has 0 atom stereocenters. The zero-order valence-corrected chi connectivity index (χ0v) is 10.9. The van der Waals surface area contributed by atoms with Gasteiger partial charge in [0.2, 0.25) is 5.88 Å². The third-order valence-corrected chi connectivity index (χ3v) is 2.75. The smallest absolute Gasteiger partial charge is 0.317 e. The molecule has 6 heteroatoms. The highest BCUT2D eigenvalue weighted by molar-refractivity contribution is 5.77. The number of hydrogen-bond donors (Lipinski definition) is 0. The van der Waals surface area contributed by atoms with E-state index in [2.05, 4.69) is 0 Å². The molecule has 6 nitrogen and oxygen atoms in total. The SMILES string of the molecule is CC(C)(C)C(=O)Oc1cc(=O)n2n1CCOCC2. The van der Waals surface area contributed by atoms with Gasteiger partial charge in [0.15, 0.2) is 0 Å². The minimum atomic E-state index is -0.598. The van der Waals surface area contributed by atoms with Gasteiger partial charge in [-0.1, -0.05) is 0 Å². The molecule has 1 aromatic rings. The van der Waals surface area contributed by atoms with Gasteiger partial charge in [0.05, 0.1) is 37.8 Å². The third kappa shape index (κ3) is 2.48. The van der Waals surface area contributed by atoms with E-state index in [-0.39, 0.29) is 11.5 Å². The molecule has 2 heterocycles. The topological polar surface area (TPSA) is 62.5 Å². The Morgan fingerprint density at radius 1 is 1.28 bits per heavy atom. The van der Waals surface area contributed by atoms with Crippen LogP contribution in [0.4, 0.5) is 0 Å². The van der Waals surface area contributed by atoms with Gasteiger partial charge in [0.25, 0.3) is 5.56 Å². The molecule has 1 aromatic heterocycles. The molecule has 0 bridgehead atoms. The summed E-state index contributed by atoms with van der Waals surface area (Å²) in [6, 6.07) is 1.36. The normalized spacial score (nSPS) is 15.9. The van der Waals surface area contributed by atoms with Crippen LogP contribution < -0.4 is 10.3 Å². The molecule has 0 saturated heterocycles. The second-order valence-electron chi connectivity index (χ2n) is 5.32. The van der Waals surface area contributed by atoms with Crippen molar-refractivity contribution in [2.24, 2.45) is 5.41 Å². The van der Waals surface area contributed by atoms with Crippen molar-refractivity contribution in [3.63, 3.8) is 0 Å². The lowest BCUT2D eigenvalue weighted by atomic mass is 9.97. The van der Waals surface area contributed by atoms with Crippen molar-refractivity contribution < 1.29 is 14.3 Å². The molecule has 0 saturated carbocycles. The van der Waals surface area contributed by atoms with Gasteiger partial charge >= 0.3 is 5.97 Å². The van der Waals surface area contributed by atoms with Crippen molar-refractivity contribution >= 4 is 5.97 Å². The molecule has 0 unspecified atom stereocenters. The van der Waals surface area contributed by atoms with E-state index >= 15 is 0 Å². The summed E-state index contributed by atoms with van der Waals surface area (Å²) in [4.78, 5) is 23.6. The molecule has 0 radical (unpaired) electrons. The highest BCUT2D eigenvalue weighted by Gasteiger charge is 2.26. The largest absolute Gasteiger partial charge is 0.407 e. The Kier molecular flexibility index (Phi) is 3.30. The number of fused-ring (bicyclic) bond motifs is 1. The number of hydrogen-bond acceptors (Lipinski definition) is 4. The van der Waals surface area contributed by atoms with E-state index in [0.29, 0.717) is 32.2 Å². The van der Waals surface area contributed by atoms with E-state index in [1.807, 2.05) is 0 Å². The van der Waals surface area contributed by atoms with Crippen LogP contribution in [-0.2, 0) is 22.6 Å². The van der Waals surface area contributed by atoms with Crippen molar-refractivity contribution in [2.75, 3.05) is 13.2 Å². The fourth-order valence-corrected chi connectivity index (χ4v) is 1.69. The van der Waals surface area contributed by atoms with E-state index in [0.717, 1.165) is 0 Å². The molecule has 1 aliphatic rings. The lowest BCUT2D eigenvalue weighted by Crippen LogP contribution is -2.27. The molecule has 1 aliphatic heterocycles. The summed E-state index contributed by atoms with van der Waals surface area (Å²) >= 11 is 0. The molecule has 0 aromatic carbocycles. The quantitative estimate of drug-likeness (QED) is 0.690. The van der Waals surface area contributed by atoms with Gasteiger partial charge in [-0.3, -0.25) is 9.59 Å². The Hall–Kier alpha value is -1.56. The first kappa shape index (κ1) is 12.9. The average molecular weight is 254 g/mol. The highest BCUT2D eigenvalue weighted by Crippen LogP contribution is 2.19. The number of nitrogens with zero attached hydrogens (tertiary/aromatic N) is 2. The van der Waals surface area contributed by atoms with Crippen LogP contribution in [0, 0.1) is 5.41 Å². The highest BCUT2D eigenvalue weighted by atomic mass is 16.5. The van der Waals surface area contributed by atoms with E-state index in [1.54, 1.807) is 25.5 Å². The number of carbonyl (C=O) groups excluding carboxylic acids is 1. The van der Waals surface area contributed by atoms with E-state index in [1.165, 1.54) is 10.7 Å². The van der Waals surface area contributed by atoms with Crippen LogP contribution in [0.15, 0.2) is 10.9 Å². The van der Waals surface area contributed by atoms with Crippen LogP contribution in [-0.4, -0.2) is 28.5 Å². The standard InChI is InChI=1S/C12H18N2O4/c1-12(2,3)11(16)18-10-8-9(15)13-4-6-17-7-5-14(10)13/h8H,4-7H2,1-3H3. The maximum atomic E-state index is 11.8. The Morgan fingerprint density at radius 2 is 1.89 bits per heavy atom. The van der Waals surface area contributed by atoms with Gasteiger partial charge in [-0.2, -0.15) is 0 Å². The van der Waals surface area contributed by atoms with Crippen LogP contribution in [0.25, 0.3) is 0 Å². The van der Waals surface area contributed by atoms with Gasteiger partial charge in [-0.25, -0.2) is 9.36 Å². The second kappa shape index (κ2) is 4.61. The molecule has 0 amide bonds. The minimum absolute atomic E-state index is 0.169. The monoisotopic (exact) mass is 254 g/mol. The van der Waals surface area contributed by atoms with Crippen molar-refractivity contribution in [1.29, 1.82) is 0 Å². The number of esters is 1. The first-order valence-electron chi connectivity index (χ1n) is 6.00. The zero-order chi connectivity index (χ0) is 13.3. The fraction of sp³-hybridized carbons (Fsp3) is 0.667. The van der Waals surface area contributed by atoms with Gasteiger partial charge < -0.3 is 9.47 Å². The molecule has 0 N–H and O–H groups in total. The molecular formula is C12H18N2O4. The molecular weight excluding hydrogens is 236 g/mol. The zero-order valence-electron chi connectivity index (χ0n) is 10.9. The van der Waals surface area contributed by atoms with Crippen molar-refractivity contribution in [2.45, 2.75) is 33.9 Å². The van der Waals surface area contributed by atoms with Gasteiger partial charge in [-0.05, 0) is 20.8 Å². The molecule has 18 heavy (non-hydrogen) atoms. The number of carbonyl (C=O) groups is 1. The summed E-state index contributed by atoms with van der Waals surface area (Å²) < 4.78 is 13.8. The lowest BCUT2D eigenvalue weighted by molar-refractivity contribution is -0.143. The van der Waals surface area contributed by atoms with Crippen LogP contribution >= 0.6 is 0 Å². The third-order valence-electron chi connectivity index (χ3n) is 2.75. The first-order valence-corrected chi connectivity index (χ1v) is 6.00. The van der Waals surface area contributed by atoms with E-state index in [4.69, 9.17) is 9.47 Å². The van der Waals surface area contributed by atoms with Crippen LogP contribution in [0.1, 0.15) is 20.8 Å². The Morgan fingerprint density at radius 3 is 2.50 bits per heavy atom. The summed E-state index contributed by atoms with van der Waals surface area (Å²) in [5.41, 5.74) is -0.767. The van der Waals surface area contributed by atoms with Gasteiger partial charge in [0, 0.05) is 0 Å². The predicted molar refractivity (Wildman–Crippen MR) is 64.6 cm³/mol. The maximum Gasteiger partial charge on any atom is 0.317 e. The minimum Gasteiger partial charge on any atom is -0.407 e. The summed E-state index contributed by atoms with van der Waals surface area (Å²) in [6.45, 7) is 7.31. The molecule has 0 aliphatic carbocycles. The molecule has 0 spiro atoms. The molecule has 100 valence electrons. The Balaban J connectivity index is 2.30. The van der Waals surface area contributed by atoms with Crippen molar-refractivity contribution in [1.82, 2.24) is 9.36 Å². The second-order valence-corrected chi connectivity index (χ2v) is 5.32. The fourth-order valence-electron chi connectivity index (χ4n) is 1.69. The summed E-state index contributed by atoms with van der Waals surface area (Å²) in [6.07, 6.45) is 0. The van der Waals surface area contributed by atoms with Crippen LogP contribution in [0.3, 0.4) is 0 Å².